The SMILES string of the molecule is Cc1ccccc1S(=O)(=O)NC(C(N)=NO)C(C)C. The van der Waals surface area contributed by atoms with Gasteiger partial charge in [0.15, 0.2) is 5.84 Å². The van der Waals surface area contributed by atoms with Gasteiger partial charge in [-0.2, -0.15) is 0 Å². The lowest BCUT2D eigenvalue weighted by Gasteiger charge is -2.21. The molecule has 0 amide bonds. The Morgan fingerprint density at radius 2 is 1.95 bits per heavy atom. The second-order valence-corrected chi connectivity index (χ2v) is 6.32. The zero-order valence-corrected chi connectivity index (χ0v) is 12.0. The lowest BCUT2D eigenvalue weighted by atomic mass is 10.1. The molecule has 1 unspecified atom stereocenters. The van der Waals surface area contributed by atoms with E-state index >= 15 is 0 Å². The Labute approximate surface area is 113 Å². The molecule has 1 aromatic carbocycles. The molecule has 0 heterocycles. The van der Waals surface area contributed by atoms with Gasteiger partial charge in [0.2, 0.25) is 10.0 Å². The molecule has 4 N–H and O–H groups in total. The van der Waals surface area contributed by atoms with Crippen LogP contribution in [0.1, 0.15) is 19.4 Å². The van der Waals surface area contributed by atoms with Crippen molar-refractivity contribution in [3.8, 4) is 0 Å². The van der Waals surface area contributed by atoms with Crippen molar-refractivity contribution < 1.29 is 13.6 Å². The van der Waals surface area contributed by atoms with Gasteiger partial charge in [-0.25, -0.2) is 13.1 Å². The van der Waals surface area contributed by atoms with Crippen LogP contribution in [0.15, 0.2) is 34.3 Å². The minimum Gasteiger partial charge on any atom is -0.409 e. The zero-order chi connectivity index (χ0) is 14.6. The van der Waals surface area contributed by atoms with Crippen LogP contribution in [-0.4, -0.2) is 25.5 Å². The molecule has 0 aliphatic rings. The molecule has 1 aromatic rings. The fourth-order valence-corrected chi connectivity index (χ4v) is 3.29. The number of nitrogens with zero attached hydrogens (tertiary/aromatic N) is 1. The van der Waals surface area contributed by atoms with Crippen molar-refractivity contribution in [2.75, 3.05) is 0 Å². The van der Waals surface area contributed by atoms with Crippen LogP contribution in [0.2, 0.25) is 0 Å². The number of benzene rings is 1. The summed E-state index contributed by atoms with van der Waals surface area (Å²) in [4.78, 5) is 0.186. The summed E-state index contributed by atoms with van der Waals surface area (Å²) in [5.41, 5.74) is 6.15. The minimum atomic E-state index is -3.71. The lowest BCUT2D eigenvalue weighted by molar-refractivity contribution is 0.313. The van der Waals surface area contributed by atoms with E-state index in [1.54, 1.807) is 39.0 Å². The van der Waals surface area contributed by atoms with E-state index in [4.69, 9.17) is 10.9 Å². The lowest BCUT2D eigenvalue weighted by Crippen LogP contribution is -2.47. The number of hydrogen-bond donors (Lipinski definition) is 3. The summed E-state index contributed by atoms with van der Waals surface area (Å²) < 4.78 is 27.0. The summed E-state index contributed by atoms with van der Waals surface area (Å²) in [6, 6.07) is 5.88. The highest BCUT2D eigenvalue weighted by atomic mass is 32.2. The van der Waals surface area contributed by atoms with Gasteiger partial charge in [0.1, 0.15) is 0 Å². The third kappa shape index (κ3) is 3.68. The van der Waals surface area contributed by atoms with Gasteiger partial charge in [-0.3, -0.25) is 0 Å². The smallest absolute Gasteiger partial charge is 0.241 e. The average molecular weight is 285 g/mol. The number of sulfonamides is 1. The Balaban J connectivity index is 3.12. The zero-order valence-electron chi connectivity index (χ0n) is 11.2. The first-order chi connectivity index (χ1) is 8.79. The Morgan fingerprint density at radius 3 is 2.42 bits per heavy atom. The third-order valence-corrected chi connectivity index (χ3v) is 4.37. The molecular formula is C12H19N3O3S. The molecule has 6 nitrogen and oxygen atoms in total. The van der Waals surface area contributed by atoms with E-state index in [2.05, 4.69) is 9.88 Å². The predicted molar refractivity (Wildman–Crippen MR) is 73.5 cm³/mol. The predicted octanol–water partition coefficient (Wildman–Crippen LogP) is 1.04. The van der Waals surface area contributed by atoms with Gasteiger partial charge < -0.3 is 10.9 Å². The van der Waals surface area contributed by atoms with Crippen molar-refractivity contribution in [2.45, 2.75) is 31.7 Å². The summed E-state index contributed by atoms with van der Waals surface area (Å²) in [6.07, 6.45) is 0. The summed E-state index contributed by atoms with van der Waals surface area (Å²) in [6.45, 7) is 5.27. The Kier molecular flexibility index (Phi) is 4.90. The van der Waals surface area contributed by atoms with Crippen LogP contribution in [0.3, 0.4) is 0 Å². The summed E-state index contributed by atoms with van der Waals surface area (Å²) in [5.74, 6) is -0.304. The molecule has 0 spiro atoms. The van der Waals surface area contributed by atoms with Crippen molar-refractivity contribution in [1.82, 2.24) is 4.72 Å². The molecule has 106 valence electrons. The molecule has 0 saturated heterocycles. The van der Waals surface area contributed by atoms with Gasteiger partial charge in [0.05, 0.1) is 10.9 Å². The van der Waals surface area contributed by atoms with Crippen molar-refractivity contribution in [2.24, 2.45) is 16.8 Å². The maximum atomic E-state index is 12.3. The van der Waals surface area contributed by atoms with Gasteiger partial charge in [-0.15, -0.1) is 0 Å². The van der Waals surface area contributed by atoms with Gasteiger partial charge in [-0.1, -0.05) is 37.2 Å². The maximum Gasteiger partial charge on any atom is 0.241 e. The highest BCUT2D eigenvalue weighted by molar-refractivity contribution is 7.89. The average Bonchev–Trinajstić information content (AvgIpc) is 2.35. The fraction of sp³-hybridized carbons (Fsp3) is 0.417. The first kappa shape index (κ1) is 15.5. The Hall–Kier alpha value is -1.60. The molecule has 1 atom stereocenters. The van der Waals surface area contributed by atoms with Crippen LogP contribution in [0.4, 0.5) is 0 Å². The Morgan fingerprint density at radius 1 is 1.37 bits per heavy atom. The van der Waals surface area contributed by atoms with Crippen LogP contribution in [-0.2, 0) is 10.0 Å². The third-order valence-electron chi connectivity index (χ3n) is 2.77. The fourth-order valence-electron chi connectivity index (χ4n) is 1.69. The number of aryl methyl sites for hydroxylation is 1. The second-order valence-electron chi connectivity index (χ2n) is 4.63. The first-order valence-corrected chi connectivity index (χ1v) is 7.33. The van der Waals surface area contributed by atoms with Gasteiger partial charge in [0, 0.05) is 0 Å². The first-order valence-electron chi connectivity index (χ1n) is 5.85. The van der Waals surface area contributed by atoms with Gasteiger partial charge in [-0.05, 0) is 24.5 Å². The number of oxime groups is 1. The molecule has 0 radical (unpaired) electrons. The molecule has 1 rings (SSSR count). The van der Waals surface area contributed by atoms with Crippen LogP contribution in [0.25, 0.3) is 0 Å². The van der Waals surface area contributed by atoms with E-state index in [0.29, 0.717) is 5.56 Å². The largest absolute Gasteiger partial charge is 0.409 e. The Bertz CT molecular complexity index is 567. The van der Waals surface area contributed by atoms with E-state index in [1.165, 1.54) is 6.07 Å². The second kappa shape index (κ2) is 6.03. The molecular weight excluding hydrogens is 266 g/mol. The molecule has 19 heavy (non-hydrogen) atoms. The number of amidine groups is 1. The monoisotopic (exact) mass is 285 g/mol. The minimum absolute atomic E-state index is 0.144. The van der Waals surface area contributed by atoms with Crippen molar-refractivity contribution in [1.29, 1.82) is 0 Å². The molecule has 0 saturated carbocycles. The number of nitrogens with one attached hydrogen (secondary N) is 1. The van der Waals surface area contributed by atoms with E-state index in [1.807, 2.05) is 0 Å². The molecule has 7 heteroatoms. The van der Waals surface area contributed by atoms with E-state index in [-0.39, 0.29) is 16.6 Å². The maximum absolute atomic E-state index is 12.3. The van der Waals surface area contributed by atoms with Crippen LogP contribution >= 0.6 is 0 Å². The van der Waals surface area contributed by atoms with E-state index in [9.17, 15) is 8.42 Å². The van der Waals surface area contributed by atoms with Gasteiger partial charge >= 0.3 is 0 Å². The standard InChI is InChI=1S/C12H19N3O3S/c1-8(2)11(12(13)14-16)15-19(17,18)10-7-5-4-6-9(10)3/h4-8,11,15-16H,1-3H3,(H2,13,14). The highest BCUT2D eigenvalue weighted by Crippen LogP contribution is 2.15. The van der Waals surface area contributed by atoms with Crippen LogP contribution in [0, 0.1) is 12.8 Å². The van der Waals surface area contributed by atoms with E-state index < -0.39 is 16.1 Å². The molecule has 0 fully saturated rings. The summed E-state index contributed by atoms with van der Waals surface area (Å²) >= 11 is 0. The van der Waals surface area contributed by atoms with Crippen molar-refractivity contribution >= 4 is 15.9 Å². The quantitative estimate of drug-likeness (QED) is 0.325. The normalized spacial score (nSPS) is 14.6. The van der Waals surface area contributed by atoms with E-state index in [0.717, 1.165) is 0 Å². The van der Waals surface area contributed by atoms with Crippen molar-refractivity contribution in [3.63, 3.8) is 0 Å². The molecule has 0 aliphatic carbocycles. The van der Waals surface area contributed by atoms with Crippen molar-refractivity contribution in [3.05, 3.63) is 29.8 Å². The van der Waals surface area contributed by atoms with Gasteiger partial charge in [0.25, 0.3) is 0 Å². The molecule has 0 bridgehead atoms. The molecule has 0 aromatic heterocycles. The van der Waals surface area contributed by atoms with Crippen LogP contribution < -0.4 is 10.5 Å². The number of hydrogen-bond acceptors (Lipinski definition) is 4. The number of rotatable bonds is 5. The number of nitrogens with two attached hydrogens (primary N) is 1. The molecule has 0 aliphatic heterocycles. The van der Waals surface area contributed by atoms with Crippen LogP contribution in [0.5, 0.6) is 0 Å². The summed E-state index contributed by atoms with van der Waals surface area (Å²) in [5, 5.41) is 11.6. The summed E-state index contributed by atoms with van der Waals surface area (Å²) in [7, 11) is -3.71. The topological polar surface area (TPSA) is 105 Å². The highest BCUT2D eigenvalue weighted by Gasteiger charge is 2.26.